The predicted octanol–water partition coefficient (Wildman–Crippen LogP) is 1.36. The molecule has 1 saturated heterocycles. The smallest absolute Gasteiger partial charge is 0.331 e. The van der Waals surface area contributed by atoms with Gasteiger partial charge in [0.2, 0.25) is 0 Å². The molecule has 7 nitrogen and oxygen atoms in total. The lowest BCUT2D eigenvalue weighted by Crippen LogP contribution is -2.19. The topological polar surface area (TPSA) is 83.4 Å². The quantitative estimate of drug-likeness (QED) is 0.377. The highest BCUT2D eigenvalue weighted by Gasteiger charge is 2.24. The summed E-state index contributed by atoms with van der Waals surface area (Å²) in [6.07, 6.45) is 2.73. The van der Waals surface area contributed by atoms with Crippen LogP contribution in [0.25, 0.3) is 0 Å². The number of rotatable bonds is 5. The van der Waals surface area contributed by atoms with Crippen molar-refractivity contribution >= 4 is 35.0 Å². The van der Waals surface area contributed by atoms with E-state index in [1.54, 1.807) is 6.21 Å². The summed E-state index contributed by atoms with van der Waals surface area (Å²) in [6, 6.07) is 7.94. The number of amidine groups is 1. The zero-order valence-electron chi connectivity index (χ0n) is 13.6. The molecular weight excluding hydrogens is 328 g/mol. The van der Waals surface area contributed by atoms with Crippen molar-refractivity contribution in [3.05, 3.63) is 46.4 Å². The Morgan fingerprint density at radius 1 is 1.42 bits per heavy atom. The molecule has 0 radical (unpaired) electrons. The fourth-order valence-electron chi connectivity index (χ4n) is 1.93. The first-order valence-corrected chi connectivity index (χ1v) is 7.93. The predicted molar refractivity (Wildman–Crippen MR) is 94.7 cm³/mol. The maximum atomic E-state index is 11.7. The van der Waals surface area contributed by atoms with E-state index in [1.165, 1.54) is 12.7 Å². The van der Waals surface area contributed by atoms with Gasteiger partial charge < -0.3 is 9.64 Å². The molecule has 0 aromatic heterocycles. The van der Waals surface area contributed by atoms with E-state index in [-0.39, 0.29) is 4.91 Å². The summed E-state index contributed by atoms with van der Waals surface area (Å²) in [6.45, 7) is 0.837. The molecule has 0 spiro atoms. The molecular formula is C16H18N4O3S. The fraction of sp³-hybridized carbons (Fsp3) is 0.250. The van der Waals surface area contributed by atoms with Crippen molar-refractivity contribution in [1.29, 1.82) is 0 Å². The molecule has 0 unspecified atom stereocenters. The molecule has 1 aliphatic heterocycles. The van der Waals surface area contributed by atoms with E-state index in [2.05, 4.69) is 25.2 Å². The van der Waals surface area contributed by atoms with Crippen LogP contribution in [0.1, 0.15) is 11.1 Å². The Morgan fingerprint density at radius 3 is 2.92 bits per heavy atom. The second-order valence-corrected chi connectivity index (χ2v) is 6.25. The minimum Gasteiger partial charge on any atom is -0.466 e. The molecule has 24 heavy (non-hydrogen) atoms. The molecule has 2 rings (SSSR count). The van der Waals surface area contributed by atoms with Crippen molar-refractivity contribution in [2.24, 2.45) is 10.2 Å². The average Bonchev–Trinajstić information content (AvgIpc) is 2.87. The minimum atomic E-state index is -0.588. The largest absolute Gasteiger partial charge is 0.466 e. The molecule has 0 saturated carbocycles. The molecule has 1 aliphatic rings. The molecule has 8 heteroatoms. The lowest BCUT2D eigenvalue weighted by atomic mass is 10.1. The molecule has 1 aromatic rings. The standard InChI is InChI=1S/C16H18N4O3S/c1-20(2)10-12-6-4-5-11(7-12)9-17-19-16-18-15(22)13(24-16)8-14(21)23-3/h4-9H,10H2,1-3H3,(H,18,19,22)/b13-8+,17-9?. The van der Waals surface area contributed by atoms with E-state index in [9.17, 15) is 9.59 Å². The Hall–Kier alpha value is -2.45. The van der Waals surface area contributed by atoms with Crippen molar-refractivity contribution in [1.82, 2.24) is 10.2 Å². The molecule has 0 bridgehead atoms. The second-order valence-electron chi connectivity index (χ2n) is 5.22. The Labute approximate surface area is 144 Å². The Bertz CT molecular complexity index is 726. The molecule has 0 aliphatic carbocycles. The zero-order chi connectivity index (χ0) is 17.5. The summed E-state index contributed by atoms with van der Waals surface area (Å²) in [5.74, 6) is -0.984. The highest BCUT2D eigenvalue weighted by Crippen LogP contribution is 2.23. The van der Waals surface area contributed by atoms with Gasteiger partial charge in [-0.1, -0.05) is 18.2 Å². The van der Waals surface area contributed by atoms with Gasteiger partial charge in [-0.2, -0.15) is 5.10 Å². The second kappa shape index (κ2) is 8.42. The van der Waals surface area contributed by atoms with Crippen molar-refractivity contribution in [2.75, 3.05) is 21.2 Å². The number of carbonyl (C=O) groups excluding carboxylic acids is 2. The lowest BCUT2D eigenvalue weighted by Gasteiger charge is -2.09. The highest BCUT2D eigenvalue weighted by molar-refractivity contribution is 8.18. The van der Waals surface area contributed by atoms with Crippen molar-refractivity contribution < 1.29 is 14.3 Å². The van der Waals surface area contributed by atoms with Gasteiger partial charge >= 0.3 is 5.97 Å². The van der Waals surface area contributed by atoms with Gasteiger partial charge in [0.25, 0.3) is 5.91 Å². The summed E-state index contributed by atoms with van der Waals surface area (Å²) in [4.78, 5) is 25.1. The van der Waals surface area contributed by atoms with Crippen molar-refractivity contribution in [2.45, 2.75) is 6.54 Å². The van der Waals surface area contributed by atoms with Crippen LogP contribution >= 0.6 is 11.8 Å². The van der Waals surface area contributed by atoms with E-state index in [0.717, 1.165) is 29.9 Å². The van der Waals surface area contributed by atoms with E-state index in [1.807, 2.05) is 38.4 Å². The van der Waals surface area contributed by atoms with E-state index >= 15 is 0 Å². The Kier molecular flexibility index (Phi) is 6.28. The number of hydrogen-bond acceptors (Lipinski definition) is 7. The first-order valence-electron chi connectivity index (χ1n) is 7.11. The molecule has 1 N–H and O–H groups in total. The van der Waals surface area contributed by atoms with E-state index in [0.29, 0.717) is 5.17 Å². The minimum absolute atomic E-state index is 0.226. The number of amides is 1. The van der Waals surface area contributed by atoms with Crippen LogP contribution < -0.4 is 5.32 Å². The molecule has 126 valence electrons. The van der Waals surface area contributed by atoms with Gasteiger partial charge in [-0.3, -0.25) is 10.1 Å². The Balaban J connectivity index is 2.03. The zero-order valence-corrected chi connectivity index (χ0v) is 14.5. The van der Waals surface area contributed by atoms with Crippen LogP contribution in [0.3, 0.4) is 0 Å². The van der Waals surface area contributed by atoms with Crippen LogP contribution in [-0.2, 0) is 20.9 Å². The van der Waals surface area contributed by atoms with Crippen LogP contribution in [0.15, 0.2) is 45.4 Å². The number of methoxy groups -OCH3 is 1. The summed E-state index contributed by atoms with van der Waals surface area (Å²) in [7, 11) is 5.26. The van der Waals surface area contributed by atoms with Gasteiger partial charge in [-0.25, -0.2) is 4.79 Å². The van der Waals surface area contributed by atoms with E-state index < -0.39 is 11.9 Å². The van der Waals surface area contributed by atoms with Crippen LogP contribution in [-0.4, -0.2) is 49.4 Å². The van der Waals surface area contributed by atoms with Gasteiger partial charge in [0.15, 0.2) is 5.17 Å². The monoisotopic (exact) mass is 346 g/mol. The van der Waals surface area contributed by atoms with Gasteiger partial charge in [0, 0.05) is 12.6 Å². The summed E-state index contributed by atoms with van der Waals surface area (Å²) >= 11 is 1.04. The molecule has 1 heterocycles. The van der Waals surface area contributed by atoms with Crippen LogP contribution in [0.5, 0.6) is 0 Å². The first kappa shape index (κ1) is 17.9. The number of carbonyl (C=O) groups is 2. The molecule has 1 amide bonds. The SMILES string of the molecule is COC(=O)/C=C1/S/C(=N\N=Cc2cccc(CN(C)C)c2)NC1=O. The Morgan fingerprint density at radius 2 is 2.21 bits per heavy atom. The average molecular weight is 346 g/mol. The maximum absolute atomic E-state index is 11.7. The number of benzene rings is 1. The third-order valence-corrected chi connectivity index (χ3v) is 3.81. The molecule has 1 fully saturated rings. The van der Waals surface area contributed by atoms with Gasteiger partial charge in [-0.15, -0.1) is 5.10 Å². The number of nitrogens with one attached hydrogen (secondary N) is 1. The normalized spacial score (nSPS) is 17.9. The van der Waals surface area contributed by atoms with Crippen LogP contribution in [0.2, 0.25) is 0 Å². The van der Waals surface area contributed by atoms with Crippen molar-refractivity contribution in [3.8, 4) is 0 Å². The van der Waals surface area contributed by atoms with Gasteiger partial charge in [0.1, 0.15) is 0 Å². The highest BCUT2D eigenvalue weighted by atomic mass is 32.2. The maximum Gasteiger partial charge on any atom is 0.331 e. The lowest BCUT2D eigenvalue weighted by molar-refractivity contribution is -0.135. The number of ether oxygens (including phenoxy) is 1. The molecule has 0 atom stereocenters. The summed E-state index contributed by atoms with van der Waals surface area (Å²) in [5, 5.41) is 10.8. The third kappa shape index (κ3) is 5.32. The van der Waals surface area contributed by atoms with Gasteiger partial charge in [0.05, 0.1) is 18.2 Å². The number of hydrogen-bond donors (Lipinski definition) is 1. The summed E-state index contributed by atoms with van der Waals surface area (Å²) in [5.41, 5.74) is 2.08. The first-order chi connectivity index (χ1) is 11.5. The van der Waals surface area contributed by atoms with Gasteiger partial charge in [-0.05, 0) is 43.1 Å². The van der Waals surface area contributed by atoms with Crippen LogP contribution in [0, 0.1) is 0 Å². The number of thioether (sulfide) groups is 1. The van der Waals surface area contributed by atoms with Crippen LogP contribution in [0.4, 0.5) is 0 Å². The fourth-order valence-corrected chi connectivity index (χ4v) is 2.66. The summed E-state index contributed by atoms with van der Waals surface area (Å²) < 4.78 is 4.49. The van der Waals surface area contributed by atoms with E-state index in [4.69, 9.17) is 0 Å². The number of nitrogens with zero attached hydrogens (tertiary/aromatic N) is 3. The molecule has 1 aromatic carbocycles. The number of esters is 1. The third-order valence-electron chi connectivity index (χ3n) is 2.91. The van der Waals surface area contributed by atoms with Crippen molar-refractivity contribution in [3.63, 3.8) is 0 Å².